The van der Waals surface area contributed by atoms with E-state index in [1.54, 1.807) is 7.05 Å². The van der Waals surface area contributed by atoms with Crippen LogP contribution in [0.4, 0.5) is 8.78 Å². The largest absolute Gasteiger partial charge is 0.469 e. The molecular weight excluding hydrogens is 284 g/mol. The number of ether oxygens (including phenoxy) is 2. The van der Waals surface area contributed by atoms with Gasteiger partial charge in [-0.05, 0) is 24.6 Å². The van der Waals surface area contributed by atoms with Gasteiger partial charge in [-0.15, -0.1) is 0 Å². The van der Waals surface area contributed by atoms with Gasteiger partial charge in [0.25, 0.3) is 5.91 Å². The van der Waals surface area contributed by atoms with E-state index in [1.807, 2.05) is 0 Å². The van der Waals surface area contributed by atoms with Crippen LogP contribution < -0.4 is 4.74 Å². The molecule has 0 aliphatic rings. The van der Waals surface area contributed by atoms with Gasteiger partial charge in [-0.25, -0.2) is 0 Å². The number of esters is 1. The van der Waals surface area contributed by atoms with E-state index in [2.05, 4.69) is 9.47 Å². The van der Waals surface area contributed by atoms with Crippen LogP contribution in [0, 0.1) is 0 Å². The average molecular weight is 301 g/mol. The second-order valence-corrected chi connectivity index (χ2v) is 4.31. The van der Waals surface area contributed by atoms with Gasteiger partial charge >= 0.3 is 12.6 Å². The minimum Gasteiger partial charge on any atom is -0.469 e. The summed E-state index contributed by atoms with van der Waals surface area (Å²) in [6, 6.07) is 5.58. The van der Waals surface area contributed by atoms with E-state index in [0.29, 0.717) is 13.0 Å². The summed E-state index contributed by atoms with van der Waals surface area (Å²) in [5.41, 5.74) is 0.244. The molecule has 0 radical (unpaired) electrons. The van der Waals surface area contributed by atoms with Crippen LogP contribution >= 0.6 is 0 Å². The van der Waals surface area contributed by atoms with Crippen molar-refractivity contribution in [2.45, 2.75) is 19.5 Å². The van der Waals surface area contributed by atoms with E-state index in [0.717, 1.165) is 0 Å². The number of methoxy groups -OCH3 is 1. The normalized spacial score (nSPS) is 10.3. The number of hydrogen-bond acceptors (Lipinski definition) is 4. The third kappa shape index (κ3) is 5.76. The fraction of sp³-hybridized carbons (Fsp3) is 0.429. The molecule has 0 fully saturated rings. The highest BCUT2D eigenvalue weighted by molar-refractivity contribution is 5.94. The third-order valence-corrected chi connectivity index (χ3v) is 2.75. The molecule has 7 heteroatoms. The Morgan fingerprint density at radius 2 is 2.05 bits per heavy atom. The van der Waals surface area contributed by atoms with Gasteiger partial charge in [0, 0.05) is 25.6 Å². The number of rotatable bonds is 7. The second-order valence-electron chi connectivity index (χ2n) is 4.31. The van der Waals surface area contributed by atoms with Gasteiger partial charge in [-0.1, -0.05) is 6.07 Å². The minimum atomic E-state index is -2.94. The summed E-state index contributed by atoms with van der Waals surface area (Å²) in [5, 5.41) is 0. The molecule has 0 unspecified atom stereocenters. The van der Waals surface area contributed by atoms with Gasteiger partial charge in [0.05, 0.1) is 7.11 Å². The van der Waals surface area contributed by atoms with Gasteiger partial charge < -0.3 is 14.4 Å². The van der Waals surface area contributed by atoms with E-state index < -0.39 is 6.61 Å². The number of halogens is 2. The van der Waals surface area contributed by atoms with Gasteiger partial charge in [0.15, 0.2) is 0 Å². The molecule has 0 N–H and O–H groups in total. The van der Waals surface area contributed by atoms with Gasteiger partial charge in [0.2, 0.25) is 0 Å². The Balaban J connectivity index is 2.59. The summed E-state index contributed by atoms with van der Waals surface area (Å²) in [6.07, 6.45) is 0.671. The third-order valence-electron chi connectivity index (χ3n) is 2.75. The van der Waals surface area contributed by atoms with Crippen LogP contribution in [0.15, 0.2) is 24.3 Å². The van der Waals surface area contributed by atoms with Crippen molar-refractivity contribution < 1.29 is 27.8 Å². The minimum absolute atomic E-state index is 0.0705. The second kappa shape index (κ2) is 8.18. The standard InChI is InChI=1S/C14H17F2NO4/c1-17(8-4-7-12(18)20-2)13(19)10-5-3-6-11(9-10)21-14(15)16/h3,5-6,9,14H,4,7-8H2,1-2H3. The monoisotopic (exact) mass is 301 g/mol. The Bertz CT molecular complexity index is 494. The highest BCUT2D eigenvalue weighted by atomic mass is 19.3. The SMILES string of the molecule is COC(=O)CCCN(C)C(=O)c1cccc(OC(F)F)c1. The van der Waals surface area contributed by atoms with Gasteiger partial charge in [0.1, 0.15) is 5.75 Å². The first-order valence-electron chi connectivity index (χ1n) is 6.31. The number of alkyl halides is 2. The molecule has 5 nitrogen and oxygen atoms in total. The van der Waals surface area contributed by atoms with Crippen LogP contribution in [-0.2, 0) is 9.53 Å². The lowest BCUT2D eigenvalue weighted by Gasteiger charge is -2.17. The lowest BCUT2D eigenvalue weighted by Crippen LogP contribution is -2.28. The molecule has 0 aliphatic carbocycles. The lowest BCUT2D eigenvalue weighted by atomic mass is 10.2. The van der Waals surface area contributed by atoms with Crippen molar-refractivity contribution >= 4 is 11.9 Å². The zero-order valence-electron chi connectivity index (χ0n) is 11.8. The first-order valence-corrected chi connectivity index (χ1v) is 6.31. The maximum atomic E-state index is 12.1. The van der Waals surface area contributed by atoms with E-state index >= 15 is 0 Å². The summed E-state index contributed by atoms with van der Waals surface area (Å²) in [6.45, 7) is -2.58. The summed E-state index contributed by atoms with van der Waals surface area (Å²) in [4.78, 5) is 24.5. The summed E-state index contributed by atoms with van der Waals surface area (Å²) >= 11 is 0. The molecule has 0 saturated heterocycles. The fourth-order valence-corrected chi connectivity index (χ4v) is 1.69. The van der Waals surface area contributed by atoms with Gasteiger partial charge in [-0.2, -0.15) is 8.78 Å². The number of nitrogens with zero attached hydrogens (tertiary/aromatic N) is 1. The lowest BCUT2D eigenvalue weighted by molar-refractivity contribution is -0.140. The molecule has 1 aromatic carbocycles. The number of carbonyl (C=O) groups excluding carboxylic acids is 2. The number of benzene rings is 1. The van der Waals surface area contributed by atoms with Crippen LogP contribution in [-0.4, -0.2) is 44.1 Å². The Morgan fingerprint density at radius 3 is 2.67 bits per heavy atom. The van der Waals surface area contributed by atoms with E-state index in [9.17, 15) is 18.4 Å². The maximum Gasteiger partial charge on any atom is 0.387 e. The van der Waals surface area contributed by atoms with E-state index in [1.165, 1.54) is 36.3 Å². The zero-order valence-corrected chi connectivity index (χ0v) is 11.8. The molecule has 0 saturated carbocycles. The Kier molecular flexibility index (Phi) is 6.58. The van der Waals surface area contributed by atoms with Crippen LogP contribution in [0.5, 0.6) is 5.75 Å². The highest BCUT2D eigenvalue weighted by Crippen LogP contribution is 2.17. The first kappa shape index (κ1) is 16.9. The summed E-state index contributed by atoms with van der Waals surface area (Å²) in [5.74, 6) is -0.749. The van der Waals surface area contributed by atoms with Crippen LogP contribution in [0.2, 0.25) is 0 Å². The molecule has 1 rings (SSSR count). The smallest absolute Gasteiger partial charge is 0.387 e. The van der Waals surface area contributed by atoms with Crippen molar-refractivity contribution in [3.63, 3.8) is 0 Å². The molecule has 0 spiro atoms. The average Bonchev–Trinajstić information content (AvgIpc) is 2.45. The predicted octanol–water partition coefficient (Wildman–Crippen LogP) is 2.31. The molecule has 0 bridgehead atoms. The maximum absolute atomic E-state index is 12.1. The van der Waals surface area contributed by atoms with Crippen molar-refractivity contribution in [3.8, 4) is 5.75 Å². The molecule has 1 amide bonds. The van der Waals surface area contributed by atoms with Crippen LogP contribution in [0.1, 0.15) is 23.2 Å². The van der Waals surface area contributed by atoms with Gasteiger partial charge in [-0.3, -0.25) is 9.59 Å². The Labute approximate surface area is 121 Å². The number of hydrogen-bond donors (Lipinski definition) is 0. The first-order chi connectivity index (χ1) is 9.93. The quantitative estimate of drug-likeness (QED) is 0.725. The molecule has 1 aromatic rings. The molecule has 116 valence electrons. The van der Waals surface area contributed by atoms with E-state index in [-0.39, 0.29) is 29.6 Å². The predicted molar refractivity (Wildman–Crippen MR) is 71.3 cm³/mol. The fourth-order valence-electron chi connectivity index (χ4n) is 1.69. The molecule has 0 aliphatic heterocycles. The topological polar surface area (TPSA) is 55.8 Å². The van der Waals surface area contributed by atoms with Crippen LogP contribution in [0.25, 0.3) is 0 Å². The van der Waals surface area contributed by atoms with E-state index in [4.69, 9.17) is 0 Å². The highest BCUT2D eigenvalue weighted by Gasteiger charge is 2.14. The van der Waals surface area contributed by atoms with Crippen LogP contribution in [0.3, 0.4) is 0 Å². The zero-order chi connectivity index (χ0) is 15.8. The molecule has 21 heavy (non-hydrogen) atoms. The number of amides is 1. The van der Waals surface area contributed by atoms with Crippen molar-refractivity contribution in [2.75, 3.05) is 20.7 Å². The number of carbonyl (C=O) groups is 2. The Morgan fingerprint density at radius 1 is 1.33 bits per heavy atom. The molecule has 0 heterocycles. The molecule has 0 aromatic heterocycles. The van der Waals surface area contributed by atoms with Crippen molar-refractivity contribution in [1.82, 2.24) is 4.90 Å². The molecule has 0 atom stereocenters. The van der Waals surface area contributed by atoms with Crippen molar-refractivity contribution in [3.05, 3.63) is 29.8 Å². The summed E-state index contributed by atoms with van der Waals surface area (Å²) in [7, 11) is 2.87. The van der Waals surface area contributed by atoms with Crippen molar-refractivity contribution in [1.29, 1.82) is 0 Å². The molecular formula is C14H17F2NO4. The van der Waals surface area contributed by atoms with Crippen molar-refractivity contribution in [2.24, 2.45) is 0 Å². The Hall–Kier alpha value is -2.18. The summed E-state index contributed by atoms with van der Waals surface area (Å²) < 4.78 is 33.0.